The maximum Gasteiger partial charge on any atom is 0.164 e. The summed E-state index contributed by atoms with van der Waals surface area (Å²) >= 11 is 0. The van der Waals surface area contributed by atoms with Gasteiger partial charge in [0.1, 0.15) is 17.3 Å². The van der Waals surface area contributed by atoms with Crippen LogP contribution >= 0.6 is 0 Å². The van der Waals surface area contributed by atoms with Crippen LogP contribution in [0.2, 0.25) is 0 Å². The number of ether oxygens (including phenoxy) is 1. The first kappa shape index (κ1) is 35.3. The summed E-state index contributed by atoms with van der Waals surface area (Å²) in [5.41, 5.74) is 13.2. The van der Waals surface area contributed by atoms with Crippen molar-refractivity contribution < 1.29 is 4.74 Å². The Morgan fingerprint density at radius 1 is 0.466 bits per heavy atom. The van der Waals surface area contributed by atoms with Crippen LogP contribution in [0.15, 0.2) is 194 Å². The number of fused-ring (bicyclic) bond motifs is 2. The van der Waals surface area contributed by atoms with E-state index in [1.165, 1.54) is 22.3 Å². The molecular formula is C54H41N3O. The van der Waals surface area contributed by atoms with Crippen molar-refractivity contribution in [1.82, 2.24) is 15.0 Å². The van der Waals surface area contributed by atoms with E-state index in [-0.39, 0.29) is 11.3 Å². The summed E-state index contributed by atoms with van der Waals surface area (Å²) in [5.74, 6) is 3.88. The van der Waals surface area contributed by atoms with Crippen LogP contribution in [0.3, 0.4) is 0 Å². The van der Waals surface area contributed by atoms with E-state index in [1.54, 1.807) is 0 Å². The number of hydrogen-bond acceptors (Lipinski definition) is 4. The van der Waals surface area contributed by atoms with Crippen LogP contribution in [0.5, 0.6) is 11.5 Å². The van der Waals surface area contributed by atoms with E-state index >= 15 is 0 Å². The summed E-state index contributed by atoms with van der Waals surface area (Å²) in [5, 5.41) is 0. The van der Waals surface area contributed by atoms with Gasteiger partial charge >= 0.3 is 0 Å². The van der Waals surface area contributed by atoms with Gasteiger partial charge in [-0.3, -0.25) is 0 Å². The van der Waals surface area contributed by atoms with Crippen LogP contribution in [0, 0.1) is 0 Å². The SMILES string of the molecule is CC1(C)c2ccccc2Oc2ccc(-c3cccc(-c4cccc(-c5nc(-c6ccccc6-c6ccccc6)nc(C6CC=CC=C6c6ccccc6)n5)c4)c3)cc21. The number of aromatic nitrogens is 3. The molecule has 4 heteroatoms. The summed E-state index contributed by atoms with van der Waals surface area (Å²) in [7, 11) is 0. The molecule has 1 aromatic heterocycles. The average molecular weight is 748 g/mol. The molecule has 4 nitrogen and oxygen atoms in total. The Hall–Kier alpha value is -7.17. The van der Waals surface area contributed by atoms with Crippen molar-refractivity contribution >= 4 is 5.57 Å². The minimum atomic E-state index is -0.193. The molecule has 0 radical (unpaired) electrons. The van der Waals surface area contributed by atoms with Crippen LogP contribution in [0.4, 0.5) is 0 Å². The van der Waals surface area contributed by atoms with Gasteiger partial charge in [-0.05, 0) is 81.3 Å². The first-order valence-electron chi connectivity index (χ1n) is 20.0. The summed E-state index contributed by atoms with van der Waals surface area (Å²) in [6, 6.07) is 61.7. The van der Waals surface area contributed by atoms with Crippen molar-refractivity contribution in [3.8, 4) is 67.7 Å². The molecular weight excluding hydrogens is 707 g/mol. The number of nitrogens with zero attached hydrogens (tertiary/aromatic N) is 3. The molecule has 0 saturated heterocycles. The maximum absolute atomic E-state index is 6.37. The van der Waals surface area contributed by atoms with Crippen molar-refractivity contribution in [2.75, 3.05) is 0 Å². The molecule has 1 unspecified atom stereocenters. The fraction of sp³-hybridized carbons (Fsp3) is 0.0926. The van der Waals surface area contributed by atoms with Gasteiger partial charge in [0, 0.05) is 33.6 Å². The van der Waals surface area contributed by atoms with Crippen LogP contribution < -0.4 is 4.74 Å². The Morgan fingerprint density at radius 2 is 1.03 bits per heavy atom. The Kier molecular flexibility index (Phi) is 8.95. The van der Waals surface area contributed by atoms with E-state index in [2.05, 4.69) is 196 Å². The first-order chi connectivity index (χ1) is 28.5. The number of rotatable bonds is 7. The number of allylic oxidation sites excluding steroid dienone is 4. The second kappa shape index (κ2) is 14.7. The molecule has 1 atom stereocenters. The summed E-state index contributed by atoms with van der Waals surface area (Å²) in [6.07, 6.45) is 7.35. The first-order valence-corrected chi connectivity index (χ1v) is 20.0. The lowest BCUT2D eigenvalue weighted by Gasteiger charge is -2.34. The third-order valence-electron chi connectivity index (χ3n) is 11.6. The van der Waals surface area contributed by atoms with E-state index in [9.17, 15) is 0 Å². The van der Waals surface area contributed by atoms with Gasteiger partial charge in [0.2, 0.25) is 0 Å². The highest BCUT2D eigenvalue weighted by molar-refractivity contribution is 5.82. The monoisotopic (exact) mass is 747 g/mol. The Morgan fingerprint density at radius 3 is 1.79 bits per heavy atom. The van der Waals surface area contributed by atoms with Gasteiger partial charge in [0.15, 0.2) is 11.6 Å². The van der Waals surface area contributed by atoms with E-state index in [0.717, 1.165) is 68.3 Å². The summed E-state index contributed by atoms with van der Waals surface area (Å²) in [6.45, 7) is 4.56. The fourth-order valence-electron chi connectivity index (χ4n) is 8.49. The highest BCUT2D eigenvalue weighted by atomic mass is 16.5. The highest BCUT2D eigenvalue weighted by Crippen LogP contribution is 2.49. The standard InChI is InChI=1S/C54H41N3O/c1-54(2)47-29-13-14-30-49(47)58-50-32-31-41(35-48(50)54)39-22-15-21-38(33-39)40-23-16-24-42(34-40)51-55-52(45-27-11-9-25-43(45)36-17-5-3-6-18-36)57-53(56-51)46-28-12-10-26-44(46)37-19-7-4-8-20-37/h3-27,29-35,46H,28H2,1-2H3. The second-order valence-electron chi connectivity index (χ2n) is 15.6. The van der Waals surface area contributed by atoms with Gasteiger partial charge in [0.25, 0.3) is 0 Å². The molecule has 10 rings (SSSR count). The van der Waals surface area contributed by atoms with Gasteiger partial charge in [-0.25, -0.2) is 15.0 Å². The van der Waals surface area contributed by atoms with Crippen molar-refractivity contribution in [2.45, 2.75) is 31.6 Å². The zero-order valence-electron chi connectivity index (χ0n) is 32.5. The van der Waals surface area contributed by atoms with Crippen LogP contribution in [0.25, 0.3) is 61.7 Å². The number of benzene rings is 7. The van der Waals surface area contributed by atoms with Crippen molar-refractivity contribution in [1.29, 1.82) is 0 Å². The van der Waals surface area contributed by atoms with E-state index in [4.69, 9.17) is 19.7 Å². The van der Waals surface area contributed by atoms with Gasteiger partial charge in [-0.15, -0.1) is 0 Å². The summed E-state index contributed by atoms with van der Waals surface area (Å²) in [4.78, 5) is 15.8. The predicted molar refractivity (Wildman–Crippen MR) is 237 cm³/mol. The van der Waals surface area contributed by atoms with Crippen molar-refractivity contribution in [3.63, 3.8) is 0 Å². The van der Waals surface area contributed by atoms with Gasteiger partial charge in [0.05, 0.1) is 0 Å². The zero-order chi connectivity index (χ0) is 39.1. The summed E-state index contributed by atoms with van der Waals surface area (Å²) < 4.78 is 6.37. The molecule has 278 valence electrons. The molecule has 7 aromatic carbocycles. The Labute approximate surface area is 339 Å². The average Bonchev–Trinajstić information content (AvgIpc) is 3.29. The molecule has 0 N–H and O–H groups in total. The van der Waals surface area contributed by atoms with E-state index in [1.807, 2.05) is 12.1 Å². The maximum atomic E-state index is 6.37. The fourth-order valence-corrected chi connectivity index (χ4v) is 8.49. The topological polar surface area (TPSA) is 47.9 Å². The largest absolute Gasteiger partial charge is 0.457 e. The third-order valence-corrected chi connectivity index (χ3v) is 11.6. The normalized spacial score (nSPS) is 15.1. The molecule has 2 aliphatic rings. The molecule has 58 heavy (non-hydrogen) atoms. The quantitative estimate of drug-likeness (QED) is 0.163. The van der Waals surface area contributed by atoms with Crippen LogP contribution in [-0.2, 0) is 5.41 Å². The molecule has 1 aliphatic heterocycles. The number of para-hydroxylation sites is 1. The molecule has 0 spiro atoms. The second-order valence-corrected chi connectivity index (χ2v) is 15.6. The molecule has 0 amide bonds. The van der Waals surface area contributed by atoms with E-state index < -0.39 is 0 Å². The Balaban J connectivity index is 1.06. The minimum Gasteiger partial charge on any atom is -0.457 e. The molecule has 1 aliphatic carbocycles. The van der Waals surface area contributed by atoms with Gasteiger partial charge < -0.3 is 4.74 Å². The minimum absolute atomic E-state index is 0.0304. The van der Waals surface area contributed by atoms with Gasteiger partial charge in [-0.1, -0.05) is 178 Å². The van der Waals surface area contributed by atoms with E-state index in [0.29, 0.717) is 11.6 Å². The highest BCUT2D eigenvalue weighted by Gasteiger charge is 2.34. The lowest BCUT2D eigenvalue weighted by atomic mass is 9.75. The zero-order valence-corrected chi connectivity index (χ0v) is 32.5. The molecule has 2 heterocycles. The molecule has 8 aromatic rings. The molecule has 0 fully saturated rings. The van der Waals surface area contributed by atoms with Crippen molar-refractivity contribution in [3.05, 3.63) is 217 Å². The molecule has 0 bridgehead atoms. The predicted octanol–water partition coefficient (Wildman–Crippen LogP) is 13.8. The lowest BCUT2D eigenvalue weighted by Crippen LogP contribution is -2.24. The number of hydrogen-bond donors (Lipinski definition) is 0. The Bertz CT molecular complexity index is 2870. The smallest absolute Gasteiger partial charge is 0.164 e. The van der Waals surface area contributed by atoms with Crippen LogP contribution in [0.1, 0.15) is 48.7 Å². The lowest BCUT2D eigenvalue weighted by molar-refractivity contribution is 0.418. The van der Waals surface area contributed by atoms with Gasteiger partial charge in [-0.2, -0.15) is 0 Å². The molecule has 0 saturated carbocycles. The van der Waals surface area contributed by atoms with Crippen LogP contribution in [-0.4, -0.2) is 15.0 Å². The third kappa shape index (κ3) is 6.53. The van der Waals surface area contributed by atoms with Crippen molar-refractivity contribution in [2.24, 2.45) is 0 Å².